The van der Waals surface area contributed by atoms with Crippen molar-refractivity contribution in [3.63, 3.8) is 0 Å². The van der Waals surface area contributed by atoms with Crippen LogP contribution in [0.5, 0.6) is 0 Å². The third-order valence-electron chi connectivity index (χ3n) is 3.37. The van der Waals surface area contributed by atoms with Gasteiger partial charge in [-0.25, -0.2) is 0 Å². The van der Waals surface area contributed by atoms with E-state index in [0.717, 1.165) is 18.4 Å². The van der Waals surface area contributed by atoms with Gasteiger partial charge in [-0.15, -0.1) is 0 Å². The van der Waals surface area contributed by atoms with E-state index in [0.29, 0.717) is 24.2 Å². The van der Waals surface area contributed by atoms with Crippen molar-refractivity contribution in [3.8, 4) is 0 Å². The van der Waals surface area contributed by atoms with Gasteiger partial charge in [-0.2, -0.15) is 0 Å². The minimum Gasteiger partial charge on any atom is -0.352 e. The largest absolute Gasteiger partial charge is 0.352 e. The van der Waals surface area contributed by atoms with Crippen LogP contribution in [0.15, 0.2) is 48.8 Å². The van der Waals surface area contributed by atoms with E-state index in [4.69, 9.17) is 0 Å². The zero-order valence-electron chi connectivity index (χ0n) is 13.2. The molecule has 0 aliphatic rings. The molecule has 0 bridgehead atoms. The van der Waals surface area contributed by atoms with Gasteiger partial charge >= 0.3 is 0 Å². The minimum absolute atomic E-state index is 0.205. The second-order valence-corrected chi connectivity index (χ2v) is 5.24. The zero-order chi connectivity index (χ0) is 16.5. The third-order valence-corrected chi connectivity index (χ3v) is 3.37. The molecule has 120 valence electrons. The molecule has 2 N–H and O–H groups in total. The Hall–Kier alpha value is -2.69. The quantitative estimate of drug-likeness (QED) is 0.772. The van der Waals surface area contributed by atoms with Crippen LogP contribution in [0.3, 0.4) is 0 Å². The average Bonchev–Trinajstić information content (AvgIpc) is 2.61. The lowest BCUT2D eigenvalue weighted by Crippen LogP contribution is -2.26. The van der Waals surface area contributed by atoms with Crippen LogP contribution in [-0.4, -0.2) is 23.3 Å². The Morgan fingerprint density at radius 1 is 1.00 bits per heavy atom. The molecule has 5 heteroatoms. The second kappa shape index (κ2) is 8.68. The molecular formula is C18H21N3O2. The maximum Gasteiger partial charge on any atom is 0.253 e. The normalized spacial score (nSPS) is 10.1. The smallest absolute Gasteiger partial charge is 0.253 e. The minimum atomic E-state index is -0.246. The summed E-state index contributed by atoms with van der Waals surface area (Å²) in [5.41, 5.74) is 1.79. The molecule has 1 aromatic heterocycles. The Labute approximate surface area is 136 Å². The molecule has 0 atom stereocenters. The van der Waals surface area contributed by atoms with E-state index < -0.39 is 0 Å². The average molecular weight is 311 g/mol. The summed E-state index contributed by atoms with van der Waals surface area (Å²) in [4.78, 5) is 28.1. The fraction of sp³-hybridized carbons (Fsp3) is 0.278. The number of nitrogens with one attached hydrogen (secondary N) is 2. The zero-order valence-corrected chi connectivity index (χ0v) is 13.2. The number of carbonyl (C=O) groups excluding carboxylic acids is 2. The summed E-state index contributed by atoms with van der Waals surface area (Å²) in [6.07, 6.45) is 4.87. The van der Waals surface area contributed by atoms with Crippen molar-refractivity contribution in [1.29, 1.82) is 0 Å². The number of aromatic nitrogens is 1. The highest BCUT2D eigenvalue weighted by molar-refractivity contribution is 5.99. The van der Waals surface area contributed by atoms with Crippen LogP contribution in [0.2, 0.25) is 0 Å². The summed E-state index contributed by atoms with van der Waals surface area (Å²) in [5, 5.41) is 5.64. The van der Waals surface area contributed by atoms with Crippen molar-refractivity contribution in [1.82, 2.24) is 15.6 Å². The van der Waals surface area contributed by atoms with Crippen LogP contribution in [0.4, 0.5) is 0 Å². The number of pyridine rings is 1. The molecule has 0 saturated heterocycles. The molecule has 5 nitrogen and oxygen atoms in total. The first-order valence-corrected chi connectivity index (χ1v) is 7.76. The maximum absolute atomic E-state index is 12.2. The first-order chi connectivity index (χ1) is 11.2. The SMILES string of the molecule is CCCCNC(=O)c1cncc(C(=O)NCc2ccccc2)c1. The summed E-state index contributed by atoms with van der Waals surface area (Å²) in [6.45, 7) is 3.12. The number of unbranched alkanes of at least 4 members (excludes halogenated alkanes) is 1. The third kappa shape index (κ3) is 5.21. The Kier molecular flexibility index (Phi) is 6.29. The molecule has 2 aromatic rings. The number of carbonyl (C=O) groups is 2. The molecule has 0 spiro atoms. The first-order valence-electron chi connectivity index (χ1n) is 7.76. The second-order valence-electron chi connectivity index (χ2n) is 5.24. The molecule has 0 aliphatic carbocycles. The topological polar surface area (TPSA) is 71.1 Å². The van der Waals surface area contributed by atoms with Gasteiger partial charge in [0.05, 0.1) is 11.1 Å². The van der Waals surface area contributed by atoms with Gasteiger partial charge in [0.15, 0.2) is 0 Å². The van der Waals surface area contributed by atoms with E-state index >= 15 is 0 Å². The molecule has 23 heavy (non-hydrogen) atoms. The fourth-order valence-electron chi connectivity index (χ4n) is 2.05. The summed E-state index contributed by atoms with van der Waals surface area (Å²) < 4.78 is 0. The van der Waals surface area contributed by atoms with Crippen LogP contribution in [0, 0.1) is 0 Å². The molecule has 0 radical (unpaired) electrons. The number of hydrogen-bond donors (Lipinski definition) is 2. The van der Waals surface area contributed by atoms with Crippen molar-refractivity contribution >= 4 is 11.8 Å². The number of hydrogen-bond acceptors (Lipinski definition) is 3. The summed E-state index contributed by atoms with van der Waals surface area (Å²) >= 11 is 0. The van der Waals surface area contributed by atoms with Crippen molar-refractivity contribution < 1.29 is 9.59 Å². The lowest BCUT2D eigenvalue weighted by molar-refractivity contribution is 0.0950. The van der Waals surface area contributed by atoms with E-state index in [-0.39, 0.29) is 11.8 Å². The van der Waals surface area contributed by atoms with E-state index in [1.54, 1.807) is 6.07 Å². The molecular weight excluding hydrogens is 290 g/mol. The van der Waals surface area contributed by atoms with Crippen LogP contribution in [0.1, 0.15) is 46.0 Å². The standard InChI is InChI=1S/C18H21N3O2/c1-2-3-9-20-17(22)15-10-16(13-19-12-15)18(23)21-11-14-7-5-4-6-8-14/h4-8,10,12-13H,2-3,9,11H2,1H3,(H,20,22)(H,21,23). The molecule has 0 saturated carbocycles. The highest BCUT2D eigenvalue weighted by Gasteiger charge is 2.10. The van der Waals surface area contributed by atoms with Gasteiger partial charge in [-0.1, -0.05) is 43.7 Å². The summed E-state index contributed by atoms with van der Waals surface area (Å²) in [5.74, 6) is -0.451. The lowest BCUT2D eigenvalue weighted by atomic mass is 10.1. The number of benzene rings is 1. The molecule has 1 heterocycles. The number of nitrogens with zero attached hydrogens (tertiary/aromatic N) is 1. The monoisotopic (exact) mass is 311 g/mol. The Balaban J connectivity index is 1.95. The van der Waals surface area contributed by atoms with Crippen LogP contribution >= 0.6 is 0 Å². The first kappa shape index (κ1) is 16.7. The highest BCUT2D eigenvalue weighted by atomic mass is 16.2. The van der Waals surface area contributed by atoms with Crippen molar-refractivity contribution in [2.24, 2.45) is 0 Å². The Morgan fingerprint density at radius 3 is 2.30 bits per heavy atom. The highest BCUT2D eigenvalue weighted by Crippen LogP contribution is 2.04. The molecule has 0 fully saturated rings. The van der Waals surface area contributed by atoms with E-state index in [2.05, 4.69) is 22.5 Å². The summed E-state index contributed by atoms with van der Waals surface area (Å²) in [7, 11) is 0. The number of amides is 2. The van der Waals surface area contributed by atoms with Crippen molar-refractivity contribution in [2.45, 2.75) is 26.3 Å². The fourth-order valence-corrected chi connectivity index (χ4v) is 2.05. The van der Waals surface area contributed by atoms with Gasteiger partial charge < -0.3 is 10.6 Å². The Bertz CT molecular complexity index is 656. The molecule has 0 unspecified atom stereocenters. The molecule has 1 aromatic carbocycles. The predicted molar refractivity (Wildman–Crippen MR) is 89.1 cm³/mol. The van der Waals surface area contributed by atoms with Gasteiger partial charge in [0, 0.05) is 25.5 Å². The van der Waals surface area contributed by atoms with E-state index in [9.17, 15) is 9.59 Å². The molecule has 2 amide bonds. The lowest BCUT2D eigenvalue weighted by Gasteiger charge is -2.07. The maximum atomic E-state index is 12.2. The van der Waals surface area contributed by atoms with E-state index in [1.807, 2.05) is 30.3 Å². The molecule has 2 rings (SSSR count). The van der Waals surface area contributed by atoms with Gasteiger partial charge in [0.2, 0.25) is 0 Å². The van der Waals surface area contributed by atoms with Crippen LogP contribution in [-0.2, 0) is 6.54 Å². The summed E-state index contributed by atoms with van der Waals surface area (Å²) in [6, 6.07) is 11.2. The van der Waals surface area contributed by atoms with Crippen LogP contribution in [0.25, 0.3) is 0 Å². The predicted octanol–water partition coefficient (Wildman–Crippen LogP) is 2.54. The Morgan fingerprint density at radius 2 is 1.65 bits per heavy atom. The van der Waals surface area contributed by atoms with E-state index in [1.165, 1.54) is 12.4 Å². The van der Waals surface area contributed by atoms with Crippen molar-refractivity contribution in [3.05, 3.63) is 65.5 Å². The van der Waals surface area contributed by atoms with Gasteiger partial charge in [-0.05, 0) is 18.1 Å². The van der Waals surface area contributed by atoms with Crippen molar-refractivity contribution in [2.75, 3.05) is 6.54 Å². The van der Waals surface area contributed by atoms with Gasteiger partial charge in [-0.3, -0.25) is 14.6 Å². The number of rotatable bonds is 7. The van der Waals surface area contributed by atoms with Gasteiger partial charge in [0.1, 0.15) is 0 Å². The van der Waals surface area contributed by atoms with Gasteiger partial charge in [0.25, 0.3) is 11.8 Å². The molecule has 0 aliphatic heterocycles. The van der Waals surface area contributed by atoms with Crippen LogP contribution < -0.4 is 10.6 Å².